The molecule has 1 aromatic rings. The summed E-state index contributed by atoms with van der Waals surface area (Å²) >= 11 is 0. The van der Waals surface area contributed by atoms with Gasteiger partial charge in [-0.1, -0.05) is 20.3 Å². The first kappa shape index (κ1) is 14.7. The van der Waals surface area contributed by atoms with Gasteiger partial charge in [-0.05, 0) is 19.8 Å². The second-order valence-corrected chi connectivity index (χ2v) is 4.58. The topological polar surface area (TPSA) is 41.0 Å². The SMILES string of the molecule is CCCCN(C)c1cc(NCC)nc(CCC)n1. The molecule has 18 heavy (non-hydrogen) atoms. The van der Waals surface area contributed by atoms with Crippen LogP contribution in [0.3, 0.4) is 0 Å². The first-order valence-electron chi connectivity index (χ1n) is 7.04. The maximum Gasteiger partial charge on any atom is 0.134 e. The van der Waals surface area contributed by atoms with Gasteiger partial charge in [0, 0.05) is 32.6 Å². The number of nitrogens with zero attached hydrogens (tertiary/aromatic N) is 3. The fourth-order valence-electron chi connectivity index (χ4n) is 1.80. The third kappa shape index (κ3) is 4.51. The number of rotatable bonds is 8. The fourth-order valence-corrected chi connectivity index (χ4v) is 1.80. The molecule has 0 amide bonds. The van der Waals surface area contributed by atoms with Crippen LogP contribution in [0.15, 0.2) is 6.07 Å². The molecule has 102 valence electrons. The molecule has 0 aliphatic rings. The molecule has 0 fully saturated rings. The van der Waals surface area contributed by atoms with E-state index in [1.807, 2.05) is 6.07 Å². The van der Waals surface area contributed by atoms with Gasteiger partial charge < -0.3 is 10.2 Å². The number of nitrogens with one attached hydrogen (secondary N) is 1. The van der Waals surface area contributed by atoms with Crippen LogP contribution in [0.4, 0.5) is 11.6 Å². The van der Waals surface area contributed by atoms with E-state index in [1.54, 1.807) is 0 Å². The Bertz CT molecular complexity index is 327. The van der Waals surface area contributed by atoms with Gasteiger partial charge in [-0.2, -0.15) is 0 Å². The lowest BCUT2D eigenvalue weighted by Gasteiger charge is -2.19. The normalized spacial score (nSPS) is 10.4. The largest absolute Gasteiger partial charge is 0.370 e. The molecule has 0 atom stereocenters. The van der Waals surface area contributed by atoms with Crippen molar-refractivity contribution < 1.29 is 0 Å². The zero-order valence-electron chi connectivity index (χ0n) is 12.2. The van der Waals surface area contributed by atoms with Crippen LogP contribution in [0.2, 0.25) is 0 Å². The highest BCUT2D eigenvalue weighted by Crippen LogP contribution is 2.16. The van der Waals surface area contributed by atoms with Crippen molar-refractivity contribution in [2.75, 3.05) is 30.4 Å². The minimum atomic E-state index is 0.890. The maximum absolute atomic E-state index is 4.63. The monoisotopic (exact) mass is 250 g/mol. The number of hydrogen-bond acceptors (Lipinski definition) is 4. The Kier molecular flexibility index (Phi) is 6.47. The predicted octanol–water partition coefficient (Wildman–Crippen LogP) is 3.10. The highest BCUT2D eigenvalue weighted by Gasteiger charge is 2.07. The number of aryl methyl sites for hydroxylation is 1. The van der Waals surface area contributed by atoms with Gasteiger partial charge in [0.05, 0.1) is 0 Å². The van der Waals surface area contributed by atoms with Crippen molar-refractivity contribution in [3.63, 3.8) is 0 Å². The molecule has 4 nitrogen and oxygen atoms in total. The van der Waals surface area contributed by atoms with E-state index >= 15 is 0 Å². The summed E-state index contributed by atoms with van der Waals surface area (Å²) in [7, 11) is 2.10. The average molecular weight is 250 g/mol. The molecule has 0 bridgehead atoms. The van der Waals surface area contributed by atoms with Gasteiger partial charge in [-0.3, -0.25) is 0 Å². The van der Waals surface area contributed by atoms with Crippen LogP contribution in [0, 0.1) is 0 Å². The molecule has 0 aliphatic heterocycles. The summed E-state index contributed by atoms with van der Waals surface area (Å²) in [6.07, 6.45) is 4.42. The van der Waals surface area contributed by atoms with E-state index in [-0.39, 0.29) is 0 Å². The van der Waals surface area contributed by atoms with Crippen LogP contribution < -0.4 is 10.2 Å². The fraction of sp³-hybridized carbons (Fsp3) is 0.714. The minimum Gasteiger partial charge on any atom is -0.370 e. The van der Waals surface area contributed by atoms with E-state index < -0.39 is 0 Å². The van der Waals surface area contributed by atoms with E-state index in [0.29, 0.717) is 0 Å². The zero-order valence-corrected chi connectivity index (χ0v) is 12.2. The average Bonchev–Trinajstić information content (AvgIpc) is 2.36. The molecule has 0 radical (unpaired) electrons. The quantitative estimate of drug-likeness (QED) is 0.769. The summed E-state index contributed by atoms with van der Waals surface area (Å²) in [6, 6.07) is 2.04. The summed E-state index contributed by atoms with van der Waals surface area (Å²) < 4.78 is 0. The van der Waals surface area contributed by atoms with Crippen molar-refractivity contribution in [2.24, 2.45) is 0 Å². The third-order valence-electron chi connectivity index (χ3n) is 2.83. The van der Waals surface area contributed by atoms with Crippen LogP contribution in [-0.2, 0) is 6.42 Å². The van der Waals surface area contributed by atoms with Crippen LogP contribution in [-0.4, -0.2) is 30.1 Å². The van der Waals surface area contributed by atoms with E-state index in [9.17, 15) is 0 Å². The Morgan fingerprint density at radius 2 is 1.94 bits per heavy atom. The summed E-state index contributed by atoms with van der Waals surface area (Å²) in [5, 5.41) is 3.28. The molecule has 0 aliphatic carbocycles. The molecule has 1 aromatic heterocycles. The lowest BCUT2D eigenvalue weighted by molar-refractivity contribution is 0.749. The van der Waals surface area contributed by atoms with E-state index in [1.165, 1.54) is 12.8 Å². The Labute approximate surface area is 111 Å². The first-order valence-corrected chi connectivity index (χ1v) is 7.04. The maximum atomic E-state index is 4.63. The van der Waals surface area contributed by atoms with Crippen LogP contribution in [0.5, 0.6) is 0 Å². The molecule has 0 saturated heterocycles. The molecule has 0 unspecified atom stereocenters. The van der Waals surface area contributed by atoms with E-state index in [0.717, 1.165) is 43.4 Å². The molecule has 1 N–H and O–H groups in total. The third-order valence-corrected chi connectivity index (χ3v) is 2.83. The molecule has 1 heterocycles. The van der Waals surface area contributed by atoms with Crippen molar-refractivity contribution in [1.29, 1.82) is 0 Å². The number of unbranched alkanes of at least 4 members (excludes halogenated alkanes) is 1. The van der Waals surface area contributed by atoms with Crippen LogP contribution in [0.1, 0.15) is 45.9 Å². The second-order valence-electron chi connectivity index (χ2n) is 4.58. The van der Waals surface area contributed by atoms with Crippen molar-refractivity contribution >= 4 is 11.6 Å². The summed E-state index contributed by atoms with van der Waals surface area (Å²) in [5.74, 6) is 2.90. The van der Waals surface area contributed by atoms with E-state index in [4.69, 9.17) is 0 Å². The van der Waals surface area contributed by atoms with Crippen molar-refractivity contribution in [1.82, 2.24) is 9.97 Å². The molecular formula is C14H26N4. The standard InChI is InChI=1S/C14H26N4/c1-5-8-10-18(4)14-11-13(15-7-3)16-12(17-14)9-6-2/h11H,5-10H2,1-4H3,(H,15,16,17). The molecule has 0 aromatic carbocycles. The van der Waals surface area contributed by atoms with Crippen molar-refractivity contribution in [3.8, 4) is 0 Å². The van der Waals surface area contributed by atoms with Gasteiger partial charge in [0.15, 0.2) is 0 Å². The molecule has 4 heteroatoms. The van der Waals surface area contributed by atoms with Crippen molar-refractivity contribution in [3.05, 3.63) is 11.9 Å². The van der Waals surface area contributed by atoms with Gasteiger partial charge in [0.25, 0.3) is 0 Å². The number of hydrogen-bond donors (Lipinski definition) is 1. The Morgan fingerprint density at radius 1 is 1.17 bits per heavy atom. The van der Waals surface area contributed by atoms with Crippen molar-refractivity contribution in [2.45, 2.75) is 46.5 Å². The van der Waals surface area contributed by atoms with Gasteiger partial charge in [0.1, 0.15) is 17.5 Å². The Hall–Kier alpha value is -1.32. The lowest BCUT2D eigenvalue weighted by Crippen LogP contribution is -2.21. The molecule has 0 saturated carbocycles. The minimum absolute atomic E-state index is 0.890. The number of aromatic nitrogens is 2. The summed E-state index contributed by atoms with van der Waals surface area (Å²) in [6.45, 7) is 8.39. The predicted molar refractivity (Wildman–Crippen MR) is 78.4 cm³/mol. The molecule has 1 rings (SSSR count). The van der Waals surface area contributed by atoms with E-state index in [2.05, 4.69) is 48.0 Å². The van der Waals surface area contributed by atoms with Crippen LogP contribution >= 0.6 is 0 Å². The van der Waals surface area contributed by atoms with Gasteiger partial charge >= 0.3 is 0 Å². The Balaban J connectivity index is 2.87. The zero-order chi connectivity index (χ0) is 13.4. The highest BCUT2D eigenvalue weighted by atomic mass is 15.2. The lowest BCUT2D eigenvalue weighted by atomic mass is 10.3. The molecular weight excluding hydrogens is 224 g/mol. The smallest absolute Gasteiger partial charge is 0.134 e. The molecule has 0 spiro atoms. The highest BCUT2D eigenvalue weighted by molar-refractivity contribution is 5.48. The first-order chi connectivity index (χ1) is 8.71. The summed E-state index contributed by atoms with van der Waals surface area (Å²) in [5.41, 5.74) is 0. The van der Waals surface area contributed by atoms with Crippen LogP contribution in [0.25, 0.3) is 0 Å². The van der Waals surface area contributed by atoms with Gasteiger partial charge in [-0.25, -0.2) is 9.97 Å². The van der Waals surface area contributed by atoms with Gasteiger partial charge in [-0.15, -0.1) is 0 Å². The summed E-state index contributed by atoms with van der Waals surface area (Å²) in [4.78, 5) is 11.4. The number of anilines is 2. The second kappa shape index (κ2) is 7.90. The Morgan fingerprint density at radius 3 is 2.56 bits per heavy atom. The van der Waals surface area contributed by atoms with Gasteiger partial charge in [0.2, 0.25) is 0 Å².